The molecular weight excluding hydrogens is 698 g/mol. The van der Waals surface area contributed by atoms with Crippen LogP contribution >= 0.6 is 0 Å². The number of benzene rings is 7. The average molecular weight is 738 g/mol. The highest BCUT2D eigenvalue weighted by Crippen LogP contribution is 2.70. The highest BCUT2D eigenvalue weighted by molar-refractivity contribution is 5.97. The number of hydrogen-bond acceptors (Lipinski definition) is 3. The van der Waals surface area contributed by atoms with Crippen molar-refractivity contribution in [3.05, 3.63) is 175 Å². The molecule has 1 aromatic heterocycles. The summed E-state index contributed by atoms with van der Waals surface area (Å²) in [5, 5.41) is 2.69. The molecule has 4 saturated carbocycles. The smallest absolute Gasteiger partial charge is 0.164 e. The number of nitrogens with zero attached hydrogens (tertiary/aromatic N) is 3. The maximum Gasteiger partial charge on any atom is 0.164 e. The molecule has 5 aliphatic carbocycles. The Bertz CT molecular complexity index is 2850. The van der Waals surface area contributed by atoms with Crippen LogP contribution in [0.1, 0.15) is 43.2 Å². The lowest BCUT2D eigenvalue weighted by Crippen LogP contribution is -2.55. The molecule has 0 atom stereocenters. The van der Waals surface area contributed by atoms with Crippen molar-refractivity contribution in [2.45, 2.75) is 37.5 Å². The topological polar surface area (TPSA) is 38.7 Å². The molecule has 57 heavy (non-hydrogen) atoms. The summed E-state index contributed by atoms with van der Waals surface area (Å²) in [6.45, 7) is 0. The number of fused-ring (bicyclic) bond motifs is 4. The Balaban J connectivity index is 0.954. The fraction of sp³-hybridized carbons (Fsp3) is 0.189. The van der Waals surface area contributed by atoms with Gasteiger partial charge in [0.1, 0.15) is 5.82 Å². The van der Waals surface area contributed by atoms with E-state index in [1.54, 1.807) is 17.2 Å². The highest BCUT2D eigenvalue weighted by Gasteiger charge is 2.62. The van der Waals surface area contributed by atoms with Crippen molar-refractivity contribution in [2.75, 3.05) is 0 Å². The molecule has 274 valence electrons. The van der Waals surface area contributed by atoms with E-state index in [1.165, 1.54) is 82.8 Å². The molecule has 0 saturated heterocycles. The van der Waals surface area contributed by atoms with Crippen LogP contribution in [-0.4, -0.2) is 15.0 Å². The van der Waals surface area contributed by atoms with E-state index in [-0.39, 0.29) is 11.2 Å². The average Bonchev–Trinajstić information content (AvgIpc) is 3.54. The van der Waals surface area contributed by atoms with Crippen molar-refractivity contribution >= 4 is 10.8 Å². The van der Waals surface area contributed by atoms with Crippen LogP contribution in [0.15, 0.2) is 158 Å². The summed E-state index contributed by atoms with van der Waals surface area (Å²) in [4.78, 5) is 14.5. The van der Waals surface area contributed by atoms with Crippen molar-refractivity contribution in [3.63, 3.8) is 0 Å². The summed E-state index contributed by atoms with van der Waals surface area (Å²) in [5.41, 5.74) is 13.5. The zero-order chi connectivity index (χ0) is 37.7. The van der Waals surface area contributed by atoms with Crippen LogP contribution in [0.5, 0.6) is 0 Å². The lowest BCUT2D eigenvalue weighted by Gasteiger charge is -2.61. The fourth-order valence-corrected chi connectivity index (χ4v) is 11.8. The van der Waals surface area contributed by atoms with Gasteiger partial charge in [-0.1, -0.05) is 127 Å². The van der Waals surface area contributed by atoms with Crippen LogP contribution in [0.25, 0.3) is 78.3 Å². The molecule has 0 unspecified atom stereocenters. The van der Waals surface area contributed by atoms with Gasteiger partial charge in [0.05, 0.1) is 0 Å². The van der Waals surface area contributed by atoms with E-state index in [2.05, 4.69) is 103 Å². The number of hydrogen-bond donors (Lipinski definition) is 0. The minimum absolute atomic E-state index is 0.0594. The molecule has 0 radical (unpaired) electrons. The first-order chi connectivity index (χ1) is 28.1. The van der Waals surface area contributed by atoms with Gasteiger partial charge in [0, 0.05) is 22.1 Å². The van der Waals surface area contributed by atoms with Gasteiger partial charge in [-0.25, -0.2) is 19.3 Å². The van der Waals surface area contributed by atoms with Gasteiger partial charge in [0.15, 0.2) is 17.5 Å². The van der Waals surface area contributed by atoms with E-state index in [0.29, 0.717) is 34.9 Å². The van der Waals surface area contributed by atoms with E-state index < -0.39 is 0 Å². The number of halogens is 1. The minimum Gasteiger partial charge on any atom is -0.208 e. The Hall–Kier alpha value is -6.26. The molecule has 4 fully saturated rings. The number of aromatic nitrogens is 3. The van der Waals surface area contributed by atoms with Gasteiger partial charge in [-0.2, -0.15) is 0 Å². The van der Waals surface area contributed by atoms with Gasteiger partial charge in [-0.05, 0) is 141 Å². The second-order valence-electron chi connectivity index (χ2n) is 17.0. The van der Waals surface area contributed by atoms with Crippen molar-refractivity contribution in [2.24, 2.45) is 23.7 Å². The van der Waals surface area contributed by atoms with Gasteiger partial charge in [-0.15, -0.1) is 0 Å². The van der Waals surface area contributed by atoms with Gasteiger partial charge in [0.25, 0.3) is 0 Å². The molecule has 8 aromatic rings. The molecule has 5 aliphatic rings. The molecule has 4 bridgehead atoms. The summed E-state index contributed by atoms with van der Waals surface area (Å²) in [7, 11) is 0. The Labute approximate surface area is 332 Å². The third-order valence-electron chi connectivity index (χ3n) is 13.9. The first kappa shape index (κ1) is 32.9. The normalized spacial score (nSPS) is 22.5. The molecule has 7 aromatic carbocycles. The van der Waals surface area contributed by atoms with E-state index in [4.69, 9.17) is 15.0 Å². The lowest BCUT2D eigenvalue weighted by molar-refractivity contribution is -0.0396. The van der Waals surface area contributed by atoms with Crippen LogP contribution < -0.4 is 0 Å². The molecule has 13 rings (SSSR count). The quantitative estimate of drug-likeness (QED) is 0.177. The summed E-state index contributed by atoms with van der Waals surface area (Å²) in [5.74, 6) is 4.37. The second-order valence-corrected chi connectivity index (χ2v) is 17.0. The zero-order valence-corrected chi connectivity index (χ0v) is 31.6. The Kier molecular flexibility index (Phi) is 7.29. The minimum atomic E-state index is -0.325. The predicted molar refractivity (Wildman–Crippen MR) is 228 cm³/mol. The van der Waals surface area contributed by atoms with Crippen LogP contribution in [0.3, 0.4) is 0 Å². The maximum absolute atomic E-state index is 14.3. The third kappa shape index (κ3) is 5.12. The molecular formula is C53H40FN3. The third-order valence-corrected chi connectivity index (χ3v) is 13.9. The van der Waals surface area contributed by atoms with E-state index in [1.807, 2.05) is 36.4 Å². The predicted octanol–water partition coefficient (Wildman–Crippen LogP) is 13.2. The lowest BCUT2D eigenvalue weighted by atomic mass is 9.42. The monoisotopic (exact) mass is 737 g/mol. The van der Waals surface area contributed by atoms with Crippen molar-refractivity contribution in [3.8, 4) is 67.5 Å². The summed E-state index contributed by atoms with van der Waals surface area (Å²) in [6.07, 6.45) is 6.88. The first-order valence-corrected chi connectivity index (χ1v) is 20.5. The fourth-order valence-electron chi connectivity index (χ4n) is 11.8. The summed E-state index contributed by atoms with van der Waals surface area (Å²) in [6, 6.07) is 55.1. The SMILES string of the molecule is Fc1cccc(-c2nc(-c3ccccc3)nc(-c3ccc(-c4cccc(-c5cccc6c5C5(c7cc8ccccc8cc7-6)C6CC7CC(C6)CC5C7)c4)cc3)n2)c1. The molecule has 1 spiro atoms. The van der Waals surface area contributed by atoms with E-state index >= 15 is 0 Å². The first-order valence-electron chi connectivity index (χ1n) is 20.5. The molecule has 1 heterocycles. The van der Waals surface area contributed by atoms with Crippen LogP contribution in [0.2, 0.25) is 0 Å². The van der Waals surface area contributed by atoms with Crippen molar-refractivity contribution in [1.82, 2.24) is 15.0 Å². The maximum atomic E-state index is 14.3. The zero-order valence-electron chi connectivity index (χ0n) is 31.6. The molecule has 0 aliphatic heterocycles. The van der Waals surface area contributed by atoms with Crippen LogP contribution in [-0.2, 0) is 5.41 Å². The molecule has 3 nitrogen and oxygen atoms in total. The Morgan fingerprint density at radius 2 is 0.947 bits per heavy atom. The van der Waals surface area contributed by atoms with Crippen LogP contribution in [0, 0.1) is 29.5 Å². The van der Waals surface area contributed by atoms with Gasteiger partial charge in [-0.3, -0.25) is 0 Å². The summed E-state index contributed by atoms with van der Waals surface area (Å²) >= 11 is 0. The molecule has 0 amide bonds. The molecule has 0 N–H and O–H groups in total. The van der Waals surface area contributed by atoms with Crippen molar-refractivity contribution in [1.29, 1.82) is 0 Å². The van der Waals surface area contributed by atoms with Gasteiger partial charge in [0.2, 0.25) is 0 Å². The standard InChI is InChI=1S/C53H40FN3/c54-44-16-7-15-41(29-44)52-56-50(35-9-2-1-3-10-35)55-51(57-52)36-21-19-34(20-22-36)37-13-6-14-40(28-37)45-17-8-18-46-47-30-38-11-4-5-12-39(38)31-48(47)53(49(45)46)42-24-32-23-33(26-42)27-43(53)25-32/h1-22,28-33,42-43H,23-27H2. The van der Waals surface area contributed by atoms with Gasteiger partial charge >= 0.3 is 0 Å². The van der Waals surface area contributed by atoms with Crippen LogP contribution in [0.4, 0.5) is 4.39 Å². The number of rotatable bonds is 5. The van der Waals surface area contributed by atoms with E-state index in [0.717, 1.165) is 28.5 Å². The van der Waals surface area contributed by atoms with E-state index in [9.17, 15) is 4.39 Å². The molecule has 4 heteroatoms. The Morgan fingerprint density at radius 3 is 1.67 bits per heavy atom. The highest BCUT2D eigenvalue weighted by atomic mass is 19.1. The van der Waals surface area contributed by atoms with Gasteiger partial charge < -0.3 is 0 Å². The summed E-state index contributed by atoms with van der Waals surface area (Å²) < 4.78 is 14.3. The second kappa shape index (κ2) is 12.6. The van der Waals surface area contributed by atoms with Crippen molar-refractivity contribution < 1.29 is 4.39 Å². The Morgan fingerprint density at radius 1 is 0.404 bits per heavy atom. The largest absolute Gasteiger partial charge is 0.208 e.